The largest absolute Gasteiger partial charge is 0.348 e. The fraction of sp³-hybridized carbons (Fsp3) is 0.500. The molecule has 6 heteroatoms. The van der Waals surface area contributed by atoms with Gasteiger partial charge in [0.25, 0.3) is 5.91 Å². The van der Waals surface area contributed by atoms with Crippen molar-refractivity contribution in [1.29, 1.82) is 0 Å². The second kappa shape index (κ2) is 7.11. The number of hydrogen-bond acceptors (Lipinski definition) is 3. The van der Waals surface area contributed by atoms with Crippen molar-refractivity contribution in [3.05, 3.63) is 47.5 Å². The van der Waals surface area contributed by atoms with Crippen LogP contribution in [0.3, 0.4) is 0 Å². The molecule has 1 heterocycles. The van der Waals surface area contributed by atoms with Crippen LogP contribution in [0.15, 0.2) is 30.5 Å². The molecule has 1 aliphatic rings. The lowest BCUT2D eigenvalue weighted by molar-refractivity contribution is 0.0905. The van der Waals surface area contributed by atoms with Gasteiger partial charge in [-0.1, -0.05) is 37.1 Å². The Hall–Kier alpha value is -2.24. The van der Waals surface area contributed by atoms with Gasteiger partial charge in [-0.05, 0) is 43.4 Å². The van der Waals surface area contributed by atoms with Crippen molar-refractivity contribution in [2.45, 2.75) is 51.6 Å². The molecule has 0 radical (unpaired) electrons. The molecular weight excluding hydrogens is 307 g/mol. The van der Waals surface area contributed by atoms with E-state index in [1.807, 2.05) is 6.92 Å². The minimum Gasteiger partial charge on any atom is -0.348 e. The maximum absolute atomic E-state index is 13.0. The lowest BCUT2D eigenvalue weighted by atomic mass is 9.86. The Morgan fingerprint density at radius 2 is 2.00 bits per heavy atom. The van der Waals surface area contributed by atoms with Gasteiger partial charge in [-0.25, -0.2) is 9.07 Å². The summed E-state index contributed by atoms with van der Waals surface area (Å²) in [5, 5.41) is 11.1. The molecule has 0 bridgehead atoms. The number of nitrogens with zero attached hydrogens (tertiary/aromatic N) is 3. The summed E-state index contributed by atoms with van der Waals surface area (Å²) in [6.45, 7) is 4.12. The van der Waals surface area contributed by atoms with E-state index in [9.17, 15) is 9.18 Å². The quantitative estimate of drug-likeness (QED) is 0.935. The molecule has 0 saturated heterocycles. The number of amides is 1. The maximum atomic E-state index is 13.0. The van der Waals surface area contributed by atoms with Gasteiger partial charge in [0, 0.05) is 6.04 Å². The van der Waals surface area contributed by atoms with Crippen LogP contribution in [0.25, 0.3) is 0 Å². The first-order chi connectivity index (χ1) is 11.5. The van der Waals surface area contributed by atoms with E-state index < -0.39 is 0 Å². The summed E-state index contributed by atoms with van der Waals surface area (Å²) in [6, 6.07) is 6.36. The Labute approximate surface area is 141 Å². The molecular formula is C18H23FN4O. The van der Waals surface area contributed by atoms with Gasteiger partial charge >= 0.3 is 0 Å². The van der Waals surface area contributed by atoms with E-state index in [-0.39, 0.29) is 23.8 Å². The second-order valence-corrected chi connectivity index (χ2v) is 6.65. The third-order valence-corrected chi connectivity index (χ3v) is 4.92. The fourth-order valence-corrected chi connectivity index (χ4v) is 3.24. The molecule has 3 rings (SSSR count). The van der Waals surface area contributed by atoms with Crippen molar-refractivity contribution in [3.63, 3.8) is 0 Å². The number of aromatic nitrogens is 3. The molecule has 1 aromatic heterocycles. The highest BCUT2D eigenvalue weighted by atomic mass is 19.1. The number of carbonyl (C=O) groups is 1. The molecule has 1 fully saturated rings. The maximum Gasteiger partial charge on any atom is 0.273 e. The number of rotatable bonds is 4. The zero-order valence-corrected chi connectivity index (χ0v) is 14.1. The summed E-state index contributed by atoms with van der Waals surface area (Å²) in [5.41, 5.74) is 1.23. The van der Waals surface area contributed by atoms with Crippen molar-refractivity contribution in [3.8, 4) is 0 Å². The first-order valence-electron chi connectivity index (χ1n) is 8.53. The monoisotopic (exact) mass is 330 g/mol. The van der Waals surface area contributed by atoms with E-state index in [0.717, 1.165) is 24.8 Å². The van der Waals surface area contributed by atoms with E-state index >= 15 is 0 Å². The van der Waals surface area contributed by atoms with Crippen LogP contribution in [0, 0.1) is 11.7 Å². The summed E-state index contributed by atoms with van der Waals surface area (Å²) >= 11 is 0. The predicted octanol–water partition coefficient (Wildman–Crippen LogP) is 3.34. The third-order valence-electron chi connectivity index (χ3n) is 4.92. The van der Waals surface area contributed by atoms with Crippen molar-refractivity contribution in [1.82, 2.24) is 20.3 Å². The molecule has 2 aromatic rings. The van der Waals surface area contributed by atoms with Gasteiger partial charge in [-0.2, -0.15) is 0 Å². The summed E-state index contributed by atoms with van der Waals surface area (Å²) < 4.78 is 14.7. The third kappa shape index (κ3) is 3.63. The molecule has 3 unspecified atom stereocenters. The van der Waals surface area contributed by atoms with Crippen LogP contribution >= 0.6 is 0 Å². The summed E-state index contributed by atoms with van der Waals surface area (Å²) in [4.78, 5) is 12.4. The van der Waals surface area contributed by atoms with E-state index in [1.165, 1.54) is 18.6 Å². The number of nitrogens with one attached hydrogen (secondary N) is 1. The second-order valence-electron chi connectivity index (χ2n) is 6.65. The van der Waals surface area contributed by atoms with Crippen molar-refractivity contribution in [2.75, 3.05) is 0 Å². The molecule has 1 aliphatic carbocycles. The van der Waals surface area contributed by atoms with Crippen LogP contribution in [-0.4, -0.2) is 26.9 Å². The van der Waals surface area contributed by atoms with Gasteiger partial charge in [0.05, 0.1) is 12.2 Å². The van der Waals surface area contributed by atoms with Gasteiger partial charge in [0.15, 0.2) is 5.69 Å². The smallest absolute Gasteiger partial charge is 0.273 e. The Bertz CT molecular complexity index is 697. The van der Waals surface area contributed by atoms with Crippen LogP contribution in [-0.2, 0) is 0 Å². The lowest BCUT2D eigenvalue weighted by Crippen LogP contribution is -2.41. The molecule has 3 atom stereocenters. The summed E-state index contributed by atoms with van der Waals surface area (Å²) in [6.07, 6.45) is 6.21. The minimum absolute atomic E-state index is 0.117. The SMILES string of the molecule is CC1CCCCC1NC(=O)c1cn(C(C)c2ccc(F)cc2)nn1. The van der Waals surface area contributed by atoms with Crippen molar-refractivity contribution < 1.29 is 9.18 Å². The standard InChI is InChI=1S/C18H23FN4O/c1-12-5-3-4-6-16(12)20-18(24)17-11-23(22-21-17)13(2)14-7-9-15(19)10-8-14/h7-13,16H,3-6H2,1-2H3,(H,20,24). The van der Waals surface area contributed by atoms with E-state index in [0.29, 0.717) is 11.6 Å². The molecule has 1 aromatic carbocycles. The fourth-order valence-electron chi connectivity index (χ4n) is 3.24. The molecule has 128 valence electrons. The number of carbonyl (C=O) groups excluding carboxylic acids is 1. The van der Waals surface area contributed by atoms with Crippen LogP contribution in [0.1, 0.15) is 61.6 Å². The highest BCUT2D eigenvalue weighted by Gasteiger charge is 2.24. The topological polar surface area (TPSA) is 59.8 Å². The Morgan fingerprint density at radius 3 is 2.71 bits per heavy atom. The van der Waals surface area contributed by atoms with E-state index in [1.54, 1.807) is 23.0 Å². The van der Waals surface area contributed by atoms with Crippen LogP contribution in [0.5, 0.6) is 0 Å². The Balaban J connectivity index is 1.68. The highest BCUT2D eigenvalue weighted by Crippen LogP contribution is 2.24. The number of hydrogen-bond donors (Lipinski definition) is 1. The van der Waals surface area contributed by atoms with Crippen LogP contribution in [0.4, 0.5) is 4.39 Å². The molecule has 24 heavy (non-hydrogen) atoms. The van der Waals surface area contributed by atoms with Crippen molar-refractivity contribution >= 4 is 5.91 Å². The summed E-state index contributed by atoms with van der Waals surface area (Å²) in [7, 11) is 0. The average Bonchev–Trinajstić information content (AvgIpc) is 3.07. The van der Waals surface area contributed by atoms with Gasteiger partial charge in [0.1, 0.15) is 5.82 Å². The molecule has 1 N–H and O–H groups in total. The normalized spacial score (nSPS) is 22.1. The molecule has 1 amide bonds. The Kier molecular flexibility index (Phi) is 4.92. The average molecular weight is 330 g/mol. The van der Waals surface area contributed by atoms with E-state index in [4.69, 9.17) is 0 Å². The van der Waals surface area contributed by atoms with Crippen LogP contribution in [0.2, 0.25) is 0 Å². The number of benzene rings is 1. The van der Waals surface area contributed by atoms with Crippen LogP contribution < -0.4 is 5.32 Å². The van der Waals surface area contributed by atoms with E-state index in [2.05, 4.69) is 22.6 Å². The first kappa shape index (κ1) is 16.6. The van der Waals surface area contributed by atoms with Gasteiger partial charge < -0.3 is 5.32 Å². The van der Waals surface area contributed by atoms with Gasteiger partial charge in [0.2, 0.25) is 0 Å². The Morgan fingerprint density at radius 1 is 1.29 bits per heavy atom. The first-order valence-corrected chi connectivity index (χ1v) is 8.53. The number of halogens is 1. The zero-order chi connectivity index (χ0) is 17.1. The minimum atomic E-state index is -0.272. The zero-order valence-electron chi connectivity index (χ0n) is 14.1. The summed E-state index contributed by atoms with van der Waals surface area (Å²) in [5.74, 6) is 0.0494. The highest BCUT2D eigenvalue weighted by molar-refractivity contribution is 5.92. The molecule has 0 aliphatic heterocycles. The van der Waals surface area contributed by atoms with Gasteiger partial charge in [-0.3, -0.25) is 4.79 Å². The molecule has 0 spiro atoms. The predicted molar refractivity (Wildman–Crippen MR) is 89.1 cm³/mol. The van der Waals surface area contributed by atoms with Gasteiger partial charge in [-0.15, -0.1) is 5.10 Å². The molecule has 5 nitrogen and oxygen atoms in total. The lowest BCUT2D eigenvalue weighted by Gasteiger charge is -2.29. The molecule has 1 saturated carbocycles. The van der Waals surface area contributed by atoms with Crippen molar-refractivity contribution in [2.24, 2.45) is 5.92 Å².